The van der Waals surface area contributed by atoms with Crippen molar-refractivity contribution in [1.29, 1.82) is 5.26 Å². The van der Waals surface area contributed by atoms with Gasteiger partial charge in [0.25, 0.3) is 0 Å². The Morgan fingerprint density at radius 1 is 1.56 bits per heavy atom. The predicted molar refractivity (Wildman–Crippen MR) is 62.7 cm³/mol. The van der Waals surface area contributed by atoms with Crippen LogP contribution in [0, 0.1) is 17.2 Å². The van der Waals surface area contributed by atoms with Crippen molar-refractivity contribution in [3.05, 3.63) is 0 Å². The van der Waals surface area contributed by atoms with E-state index in [1.165, 1.54) is 12.8 Å². The number of carbonyl (C=O) groups excluding carboxylic acids is 1. The maximum Gasteiger partial charge on any atom is 0.236 e. The third-order valence-corrected chi connectivity index (χ3v) is 2.55. The molecular formula is C12H21N3O. The predicted octanol–water partition coefficient (Wildman–Crippen LogP) is 1.14. The highest BCUT2D eigenvalue weighted by atomic mass is 16.2. The largest absolute Gasteiger partial charge is 0.340 e. The molecule has 4 nitrogen and oxygen atoms in total. The lowest BCUT2D eigenvalue weighted by Crippen LogP contribution is -2.41. The summed E-state index contributed by atoms with van der Waals surface area (Å²) in [5.74, 6) is 0.569. The zero-order valence-corrected chi connectivity index (χ0v) is 10.2. The minimum Gasteiger partial charge on any atom is -0.340 e. The van der Waals surface area contributed by atoms with Gasteiger partial charge in [-0.3, -0.25) is 4.79 Å². The third-order valence-electron chi connectivity index (χ3n) is 2.55. The number of rotatable bonds is 7. The monoisotopic (exact) mass is 223 g/mol. The molecule has 1 fully saturated rings. The van der Waals surface area contributed by atoms with Crippen LogP contribution in [-0.2, 0) is 4.79 Å². The van der Waals surface area contributed by atoms with Crippen molar-refractivity contribution < 1.29 is 4.79 Å². The van der Waals surface area contributed by atoms with E-state index in [1.54, 1.807) is 4.90 Å². The van der Waals surface area contributed by atoms with E-state index in [4.69, 9.17) is 5.26 Å². The van der Waals surface area contributed by atoms with Gasteiger partial charge < -0.3 is 10.2 Å². The smallest absolute Gasteiger partial charge is 0.236 e. The highest BCUT2D eigenvalue weighted by molar-refractivity contribution is 5.78. The maximum atomic E-state index is 11.9. The van der Waals surface area contributed by atoms with Crippen LogP contribution in [0.4, 0.5) is 0 Å². The number of hydrogen-bond donors (Lipinski definition) is 1. The maximum absolute atomic E-state index is 11.9. The van der Waals surface area contributed by atoms with Gasteiger partial charge in [0.2, 0.25) is 5.91 Å². The minimum atomic E-state index is 0.121. The highest BCUT2D eigenvalue weighted by Gasteiger charge is 2.22. The molecule has 1 aliphatic carbocycles. The standard InChI is InChI=1S/C12H21N3O/c1-10(2)9-15(7-3-6-13)12(16)8-14-11-4-5-11/h10-11,14H,3-5,7-9H2,1-2H3. The van der Waals surface area contributed by atoms with Crippen molar-refractivity contribution in [1.82, 2.24) is 10.2 Å². The Balaban J connectivity index is 2.32. The molecule has 0 heterocycles. The Bertz CT molecular complexity index is 266. The minimum absolute atomic E-state index is 0.121. The summed E-state index contributed by atoms with van der Waals surface area (Å²) >= 11 is 0. The van der Waals surface area contributed by atoms with Crippen LogP contribution in [0.25, 0.3) is 0 Å². The lowest BCUT2D eigenvalue weighted by molar-refractivity contribution is -0.130. The first-order valence-corrected chi connectivity index (χ1v) is 6.01. The Labute approximate surface area is 97.6 Å². The first kappa shape index (κ1) is 13.0. The fraction of sp³-hybridized carbons (Fsp3) is 0.833. The summed E-state index contributed by atoms with van der Waals surface area (Å²) < 4.78 is 0. The van der Waals surface area contributed by atoms with Gasteiger partial charge in [-0.05, 0) is 18.8 Å². The highest BCUT2D eigenvalue weighted by Crippen LogP contribution is 2.18. The normalized spacial score (nSPS) is 14.9. The van der Waals surface area contributed by atoms with Crippen LogP contribution in [0.2, 0.25) is 0 Å². The van der Waals surface area contributed by atoms with E-state index in [0.717, 1.165) is 6.54 Å². The summed E-state index contributed by atoms with van der Waals surface area (Å²) in [4.78, 5) is 13.7. The van der Waals surface area contributed by atoms with Gasteiger partial charge in [0.15, 0.2) is 0 Å². The van der Waals surface area contributed by atoms with Gasteiger partial charge in [-0.2, -0.15) is 5.26 Å². The van der Waals surface area contributed by atoms with Crippen LogP contribution in [0.5, 0.6) is 0 Å². The Morgan fingerprint density at radius 2 is 2.25 bits per heavy atom. The van der Waals surface area contributed by atoms with Gasteiger partial charge in [0.1, 0.15) is 0 Å². The molecule has 1 rings (SSSR count). The van der Waals surface area contributed by atoms with Crippen LogP contribution in [0.1, 0.15) is 33.1 Å². The fourth-order valence-corrected chi connectivity index (χ4v) is 1.57. The van der Waals surface area contributed by atoms with Crippen molar-refractivity contribution >= 4 is 5.91 Å². The average Bonchev–Trinajstić information content (AvgIpc) is 3.04. The Kier molecular flexibility index (Phi) is 5.27. The summed E-state index contributed by atoms with van der Waals surface area (Å²) in [5, 5.41) is 11.8. The van der Waals surface area contributed by atoms with Crippen molar-refractivity contribution in [3.8, 4) is 6.07 Å². The van der Waals surface area contributed by atoms with E-state index in [9.17, 15) is 4.79 Å². The van der Waals surface area contributed by atoms with Gasteiger partial charge in [-0.15, -0.1) is 0 Å². The SMILES string of the molecule is CC(C)CN(CCC#N)C(=O)CNC1CC1. The summed E-state index contributed by atoms with van der Waals surface area (Å²) in [5.41, 5.74) is 0. The van der Waals surface area contributed by atoms with E-state index < -0.39 is 0 Å². The zero-order valence-electron chi connectivity index (χ0n) is 10.2. The first-order valence-electron chi connectivity index (χ1n) is 6.01. The third kappa shape index (κ3) is 5.13. The molecule has 4 heteroatoms. The lowest BCUT2D eigenvalue weighted by atomic mass is 10.2. The molecule has 0 radical (unpaired) electrons. The van der Waals surface area contributed by atoms with E-state index in [1.807, 2.05) is 0 Å². The number of nitriles is 1. The Hall–Kier alpha value is -1.08. The second-order valence-corrected chi connectivity index (χ2v) is 4.80. The second-order valence-electron chi connectivity index (χ2n) is 4.80. The lowest BCUT2D eigenvalue weighted by Gasteiger charge is -2.23. The van der Waals surface area contributed by atoms with Crippen molar-refractivity contribution in [2.24, 2.45) is 5.92 Å². The number of nitrogens with zero attached hydrogens (tertiary/aromatic N) is 2. The molecule has 0 aliphatic heterocycles. The summed E-state index contributed by atoms with van der Waals surface area (Å²) in [6.07, 6.45) is 2.80. The second kappa shape index (κ2) is 6.49. The van der Waals surface area contributed by atoms with Crippen LogP contribution in [0.15, 0.2) is 0 Å². The molecule has 0 aromatic carbocycles. The van der Waals surface area contributed by atoms with Crippen molar-refractivity contribution in [2.75, 3.05) is 19.6 Å². The topological polar surface area (TPSA) is 56.1 Å². The van der Waals surface area contributed by atoms with E-state index in [0.29, 0.717) is 31.5 Å². The average molecular weight is 223 g/mol. The molecule has 0 spiro atoms. The molecule has 1 N–H and O–H groups in total. The van der Waals surface area contributed by atoms with Gasteiger partial charge in [-0.25, -0.2) is 0 Å². The molecule has 90 valence electrons. The van der Waals surface area contributed by atoms with E-state index in [2.05, 4.69) is 25.2 Å². The molecule has 0 aromatic heterocycles. The van der Waals surface area contributed by atoms with E-state index >= 15 is 0 Å². The summed E-state index contributed by atoms with van der Waals surface area (Å²) in [7, 11) is 0. The van der Waals surface area contributed by atoms with Crippen molar-refractivity contribution in [2.45, 2.75) is 39.2 Å². The Morgan fingerprint density at radius 3 is 2.75 bits per heavy atom. The number of nitrogens with one attached hydrogen (secondary N) is 1. The van der Waals surface area contributed by atoms with Crippen molar-refractivity contribution in [3.63, 3.8) is 0 Å². The molecule has 0 bridgehead atoms. The molecule has 1 saturated carbocycles. The van der Waals surface area contributed by atoms with E-state index in [-0.39, 0.29) is 5.91 Å². The van der Waals surface area contributed by atoms with Gasteiger partial charge in [0.05, 0.1) is 19.0 Å². The molecule has 0 unspecified atom stereocenters. The quantitative estimate of drug-likeness (QED) is 0.704. The number of amides is 1. The molecular weight excluding hydrogens is 202 g/mol. The molecule has 0 atom stereocenters. The van der Waals surface area contributed by atoms with Crippen LogP contribution in [0.3, 0.4) is 0 Å². The van der Waals surface area contributed by atoms with Crippen LogP contribution in [-0.4, -0.2) is 36.5 Å². The van der Waals surface area contributed by atoms with Crippen LogP contribution >= 0.6 is 0 Å². The van der Waals surface area contributed by atoms with Gasteiger partial charge >= 0.3 is 0 Å². The first-order chi connectivity index (χ1) is 7.63. The number of hydrogen-bond acceptors (Lipinski definition) is 3. The van der Waals surface area contributed by atoms with Gasteiger partial charge in [0, 0.05) is 19.1 Å². The fourth-order valence-electron chi connectivity index (χ4n) is 1.57. The molecule has 0 aromatic rings. The summed E-state index contributed by atoms with van der Waals surface area (Å²) in [6, 6.07) is 2.65. The van der Waals surface area contributed by atoms with Gasteiger partial charge in [-0.1, -0.05) is 13.8 Å². The summed E-state index contributed by atoms with van der Waals surface area (Å²) in [6.45, 7) is 5.89. The zero-order chi connectivity index (χ0) is 12.0. The molecule has 1 amide bonds. The van der Waals surface area contributed by atoms with Crippen LogP contribution < -0.4 is 5.32 Å². The molecule has 16 heavy (non-hydrogen) atoms. The molecule has 0 saturated heterocycles. The number of carbonyl (C=O) groups is 1. The molecule has 1 aliphatic rings.